The Kier molecular flexibility index (Phi) is 4.13. The molecule has 1 aliphatic carbocycles. The van der Waals surface area contributed by atoms with E-state index < -0.39 is 11.6 Å². The fraction of sp³-hybridized carbons (Fsp3) is 0.381. The molecule has 1 saturated heterocycles. The second kappa shape index (κ2) is 6.37. The summed E-state index contributed by atoms with van der Waals surface area (Å²) >= 11 is 0. The minimum Gasteiger partial charge on any atom is -0.323 e. The molecule has 2 fully saturated rings. The van der Waals surface area contributed by atoms with Crippen LogP contribution in [0, 0.1) is 13.8 Å². The van der Waals surface area contributed by atoms with Crippen LogP contribution in [-0.2, 0) is 4.79 Å². The van der Waals surface area contributed by atoms with E-state index >= 15 is 0 Å². The third-order valence-corrected chi connectivity index (χ3v) is 5.75. The maximum absolute atomic E-state index is 12.9. The second-order valence-electron chi connectivity index (χ2n) is 7.49. The molecule has 2 aliphatic rings. The van der Waals surface area contributed by atoms with E-state index in [2.05, 4.69) is 5.32 Å². The number of para-hydroxylation sites is 1. The number of nitrogens with zero attached hydrogens (tertiary/aromatic N) is 2. The Morgan fingerprint density at radius 1 is 1.11 bits per heavy atom. The first-order chi connectivity index (χ1) is 12.9. The quantitative estimate of drug-likeness (QED) is 0.668. The Bertz CT molecular complexity index is 924. The average molecular weight is 365 g/mol. The van der Waals surface area contributed by atoms with E-state index in [4.69, 9.17) is 0 Å². The van der Waals surface area contributed by atoms with Gasteiger partial charge in [0.15, 0.2) is 5.78 Å². The molecule has 0 atom stereocenters. The Hall–Kier alpha value is -2.89. The number of ketones is 1. The maximum atomic E-state index is 12.9. The number of carbonyl (C=O) groups is 3. The van der Waals surface area contributed by atoms with E-state index in [1.54, 1.807) is 0 Å². The van der Waals surface area contributed by atoms with Gasteiger partial charge in [0.25, 0.3) is 5.91 Å². The van der Waals surface area contributed by atoms with Crippen LogP contribution in [0.4, 0.5) is 4.79 Å². The van der Waals surface area contributed by atoms with Gasteiger partial charge in [-0.1, -0.05) is 31.0 Å². The number of hydrogen-bond donors (Lipinski definition) is 1. The highest BCUT2D eigenvalue weighted by Crippen LogP contribution is 2.35. The summed E-state index contributed by atoms with van der Waals surface area (Å²) in [6.07, 6.45) is 3.16. The minimum absolute atomic E-state index is 0.217. The van der Waals surface area contributed by atoms with Crippen molar-refractivity contribution in [2.75, 3.05) is 6.54 Å². The first-order valence-electron chi connectivity index (χ1n) is 9.35. The second-order valence-corrected chi connectivity index (χ2v) is 7.49. The topological polar surface area (TPSA) is 71.4 Å². The summed E-state index contributed by atoms with van der Waals surface area (Å²) in [6.45, 7) is 3.61. The SMILES string of the molecule is Cc1cc(C(=O)CN2C(=O)NC3(CCCC3)C2=O)c(C)n1-c1ccccc1. The molecule has 140 valence electrons. The number of benzene rings is 1. The number of hydrogen-bond acceptors (Lipinski definition) is 3. The van der Waals surface area contributed by atoms with Gasteiger partial charge in [-0.2, -0.15) is 0 Å². The lowest BCUT2D eigenvalue weighted by molar-refractivity contribution is -0.130. The van der Waals surface area contributed by atoms with Gasteiger partial charge in [0.05, 0.1) is 6.54 Å². The maximum Gasteiger partial charge on any atom is 0.325 e. The molecule has 1 aliphatic heterocycles. The van der Waals surface area contributed by atoms with E-state index in [-0.39, 0.29) is 18.2 Å². The molecule has 6 heteroatoms. The predicted molar refractivity (Wildman–Crippen MR) is 101 cm³/mol. The fourth-order valence-corrected chi connectivity index (χ4v) is 4.39. The van der Waals surface area contributed by atoms with Crippen LogP contribution >= 0.6 is 0 Å². The molecule has 27 heavy (non-hydrogen) atoms. The molecule has 1 N–H and O–H groups in total. The number of nitrogens with one attached hydrogen (secondary N) is 1. The summed E-state index contributed by atoms with van der Waals surface area (Å²) < 4.78 is 2.01. The standard InChI is InChI=1S/C21H23N3O3/c1-14-12-17(15(2)24(14)16-8-4-3-5-9-16)18(25)13-23-19(26)21(22-20(23)27)10-6-7-11-21/h3-5,8-9,12H,6-7,10-11,13H2,1-2H3,(H,22,27). The number of aromatic nitrogens is 1. The number of Topliss-reactive ketones (excluding diaryl/α,β-unsaturated/α-hetero) is 1. The first-order valence-corrected chi connectivity index (χ1v) is 9.35. The van der Waals surface area contributed by atoms with Gasteiger partial charge in [0.2, 0.25) is 0 Å². The molecule has 1 saturated carbocycles. The number of imide groups is 1. The Labute approximate surface area is 158 Å². The van der Waals surface area contributed by atoms with Gasteiger partial charge in [-0.05, 0) is 44.9 Å². The molecule has 0 radical (unpaired) electrons. The van der Waals surface area contributed by atoms with Crippen molar-refractivity contribution < 1.29 is 14.4 Å². The van der Waals surface area contributed by atoms with Gasteiger partial charge in [0.1, 0.15) is 5.54 Å². The summed E-state index contributed by atoms with van der Waals surface area (Å²) in [4.78, 5) is 39.1. The van der Waals surface area contributed by atoms with Crippen molar-refractivity contribution in [2.24, 2.45) is 0 Å². The molecular formula is C21H23N3O3. The lowest BCUT2D eigenvalue weighted by Gasteiger charge is -2.19. The van der Waals surface area contributed by atoms with Gasteiger partial charge >= 0.3 is 6.03 Å². The van der Waals surface area contributed by atoms with Crippen LogP contribution < -0.4 is 5.32 Å². The average Bonchev–Trinajstić information content (AvgIpc) is 3.30. The summed E-state index contributed by atoms with van der Waals surface area (Å²) in [7, 11) is 0. The molecule has 2 aromatic rings. The molecule has 0 unspecified atom stereocenters. The van der Waals surface area contributed by atoms with Crippen LogP contribution in [0.1, 0.15) is 47.4 Å². The molecule has 3 amide bonds. The number of urea groups is 1. The number of rotatable bonds is 4. The number of carbonyl (C=O) groups excluding carboxylic acids is 3. The molecule has 1 spiro atoms. The highest BCUT2D eigenvalue weighted by Gasteiger charge is 2.52. The summed E-state index contributed by atoms with van der Waals surface area (Å²) in [5, 5.41) is 2.82. The van der Waals surface area contributed by atoms with Crippen LogP contribution in [0.5, 0.6) is 0 Å². The Morgan fingerprint density at radius 3 is 2.44 bits per heavy atom. The van der Waals surface area contributed by atoms with Gasteiger partial charge < -0.3 is 9.88 Å². The van der Waals surface area contributed by atoms with Crippen LogP contribution in [0.15, 0.2) is 36.4 Å². The fourth-order valence-electron chi connectivity index (χ4n) is 4.39. The van der Waals surface area contributed by atoms with Crippen molar-refractivity contribution in [3.63, 3.8) is 0 Å². The highest BCUT2D eigenvalue weighted by atomic mass is 16.2. The van der Waals surface area contributed by atoms with Crippen LogP contribution in [0.25, 0.3) is 5.69 Å². The summed E-state index contributed by atoms with van der Waals surface area (Å²) in [6, 6.07) is 11.2. The van der Waals surface area contributed by atoms with Crippen LogP contribution in [0.3, 0.4) is 0 Å². The highest BCUT2D eigenvalue weighted by molar-refractivity contribution is 6.11. The number of aryl methyl sites for hydroxylation is 1. The first kappa shape index (κ1) is 17.5. The van der Waals surface area contributed by atoms with Crippen LogP contribution in [-0.4, -0.2) is 39.3 Å². The minimum atomic E-state index is -0.779. The zero-order chi connectivity index (χ0) is 19.2. The van der Waals surface area contributed by atoms with Gasteiger partial charge in [-0.3, -0.25) is 14.5 Å². The molecule has 0 bridgehead atoms. The normalized spacial score (nSPS) is 18.4. The van der Waals surface area contributed by atoms with Crippen LogP contribution in [0.2, 0.25) is 0 Å². The zero-order valence-corrected chi connectivity index (χ0v) is 15.6. The van der Waals surface area contributed by atoms with E-state index in [0.29, 0.717) is 18.4 Å². The molecule has 1 aromatic heterocycles. The zero-order valence-electron chi connectivity index (χ0n) is 15.6. The third-order valence-electron chi connectivity index (χ3n) is 5.75. The van der Waals surface area contributed by atoms with Crippen molar-refractivity contribution in [1.82, 2.24) is 14.8 Å². The summed E-state index contributed by atoms with van der Waals surface area (Å²) in [5.74, 6) is -0.473. The van der Waals surface area contributed by atoms with Crippen molar-refractivity contribution in [3.8, 4) is 5.69 Å². The Balaban J connectivity index is 1.59. The smallest absolute Gasteiger partial charge is 0.323 e. The molecular weight excluding hydrogens is 342 g/mol. The molecule has 1 aromatic carbocycles. The molecule has 6 nitrogen and oxygen atoms in total. The van der Waals surface area contributed by atoms with E-state index in [9.17, 15) is 14.4 Å². The molecule has 4 rings (SSSR count). The predicted octanol–water partition coefficient (Wildman–Crippen LogP) is 3.14. The lowest BCUT2D eigenvalue weighted by Crippen LogP contribution is -2.44. The monoisotopic (exact) mass is 365 g/mol. The Morgan fingerprint density at radius 2 is 1.78 bits per heavy atom. The van der Waals surface area contributed by atoms with Gasteiger partial charge in [0, 0.05) is 22.6 Å². The number of amides is 3. The summed E-state index contributed by atoms with van der Waals surface area (Å²) in [5.41, 5.74) is 2.49. The van der Waals surface area contributed by atoms with E-state index in [1.165, 1.54) is 0 Å². The van der Waals surface area contributed by atoms with Crippen molar-refractivity contribution in [1.29, 1.82) is 0 Å². The molecule has 2 heterocycles. The largest absolute Gasteiger partial charge is 0.325 e. The van der Waals surface area contributed by atoms with E-state index in [1.807, 2.05) is 54.8 Å². The van der Waals surface area contributed by atoms with Crippen molar-refractivity contribution >= 4 is 17.7 Å². The van der Waals surface area contributed by atoms with Crippen molar-refractivity contribution in [3.05, 3.63) is 53.3 Å². The van der Waals surface area contributed by atoms with E-state index in [0.717, 1.165) is 34.8 Å². The van der Waals surface area contributed by atoms with Gasteiger partial charge in [-0.15, -0.1) is 0 Å². The third kappa shape index (κ3) is 2.76. The van der Waals surface area contributed by atoms with Crippen molar-refractivity contribution in [2.45, 2.75) is 45.1 Å². The lowest BCUT2D eigenvalue weighted by atomic mass is 9.98. The van der Waals surface area contributed by atoms with Gasteiger partial charge in [-0.25, -0.2) is 4.79 Å².